The van der Waals surface area contributed by atoms with Crippen LogP contribution in [0, 0.1) is 16.7 Å². The molecule has 0 amide bonds. The average molecular weight is 597 g/mol. The second-order valence-electron chi connectivity index (χ2n) is 12.2. The Hall–Kier alpha value is -3.40. The van der Waals surface area contributed by atoms with Crippen molar-refractivity contribution in [3.05, 3.63) is 121 Å². The van der Waals surface area contributed by atoms with E-state index in [0.717, 1.165) is 28.8 Å². The summed E-state index contributed by atoms with van der Waals surface area (Å²) < 4.78 is 33.9. The summed E-state index contributed by atoms with van der Waals surface area (Å²) in [6, 6.07) is 39.2. The van der Waals surface area contributed by atoms with Gasteiger partial charge >= 0.3 is 5.97 Å². The predicted octanol–water partition coefficient (Wildman–Crippen LogP) is 5.99. The van der Waals surface area contributed by atoms with Crippen LogP contribution in [0.1, 0.15) is 33.1 Å². The van der Waals surface area contributed by atoms with Gasteiger partial charge in [0.1, 0.15) is 6.10 Å². The maximum Gasteiger partial charge on any atom is 0.332 e. The summed E-state index contributed by atoms with van der Waals surface area (Å²) in [5.74, 6) is 1.70. The first-order valence-corrected chi connectivity index (χ1v) is 18.1. The fraction of sp³-hybridized carbons (Fsp3) is 0.278. The van der Waals surface area contributed by atoms with Crippen LogP contribution >= 0.6 is 6.89 Å². The molecule has 42 heavy (non-hydrogen) atoms. The molecule has 0 saturated heterocycles. The highest BCUT2D eigenvalue weighted by atomic mass is 32.2. The van der Waals surface area contributed by atoms with Crippen molar-refractivity contribution < 1.29 is 17.9 Å². The minimum Gasteiger partial charge on any atom is -0.459 e. The Kier molecular flexibility index (Phi) is 7.53. The zero-order chi connectivity index (χ0) is 29.4. The molecular weight excluding hydrogens is 559 g/mol. The molecule has 0 unspecified atom stereocenters. The molecule has 0 aromatic heterocycles. The molecule has 2 fully saturated rings. The van der Waals surface area contributed by atoms with E-state index in [1.54, 1.807) is 24.3 Å². The number of ether oxygens (including phenoxy) is 1. The normalized spacial score (nSPS) is 22.9. The van der Waals surface area contributed by atoms with E-state index in [-0.39, 0.29) is 17.1 Å². The van der Waals surface area contributed by atoms with Gasteiger partial charge in [0.25, 0.3) is 0 Å². The molecular formula is C36H37O4PS. The Labute approximate surface area is 249 Å². The number of esters is 1. The van der Waals surface area contributed by atoms with Crippen LogP contribution in [-0.2, 0) is 19.4 Å². The van der Waals surface area contributed by atoms with E-state index in [1.165, 1.54) is 0 Å². The third-order valence-corrected chi connectivity index (χ3v) is 15.8. The Morgan fingerprint density at radius 2 is 1.24 bits per heavy atom. The van der Waals surface area contributed by atoms with Gasteiger partial charge in [0.15, 0.2) is 9.84 Å². The molecule has 2 aliphatic carbocycles. The van der Waals surface area contributed by atoms with Crippen molar-refractivity contribution in [3.63, 3.8) is 0 Å². The number of hydrogen-bond donors (Lipinski definition) is 0. The van der Waals surface area contributed by atoms with E-state index in [4.69, 9.17) is 4.74 Å². The third kappa shape index (κ3) is 4.77. The van der Waals surface area contributed by atoms with E-state index in [2.05, 4.69) is 50.2 Å². The first-order valence-electron chi connectivity index (χ1n) is 14.6. The fourth-order valence-corrected chi connectivity index (χ4v) is 13.3. The van der Waals surface area contributed by atoms with Crippen molar-refractivity contribution >= 4 is 44.4 Å². The highest BCUT2D eigenvalue weighted by molar-refractivity contribution is 7.95. The summed E-state index contributed by atoms with van der Waals surface area (Å²) in [7, 11) is -3.59. The van der Waals surface area contributed by atoms with Gasteiger partial charge in [-0.05, 0) is 65.5 Å². The fourth-order valence-electron chi connectivity index (χ4n) is 7.54. The maximum atomic E-state index is 14.2. The molecule has 216 valence electrons. The molecule has 4 nitrogen and oxygen atoms in total. The molecule has 0 N–H and O–H groups in total. The van der Waals surface area contributed by atoms with Crippen LogP contribution < -0.4 is 15.9 Å². The Bertz CT molecular complexity index is 1620. The van der Waals surface area contributed by atoms with Gasteiger partial charge in [0.05, 0.1) is 10.6 Å². The summed E-state index contributed by atoms with van der Waals surface area (Å²) in [6.07, 6.45) is 1.89. The van der Waals surface area contributed by atoms with E-state index in [9.17, 15) is 13.2 Å². The first kappa shape index (κ1) is 28.7. The molecule has 2 aliphatic rings. The van der Waals surface area contributed by atoms with Crippen molar-refractivity contribution in [3.8, 4) is 0 Å². The maximum absolute atomic E-state index is 14.2. The quantitative estimate of drug-likeness (QED) is 0.185. The van der Waals surface area contributed by atoms with Crippen LogP contribution in [0.2, 0.25) is 0 Å². The van der Waals surface area contributed by atoms with Crippen molar-refractivity contribution in [1.29, 1.82) is 0 Å². The lowest BCUT2D eigenvalue weighted by Crippen LogP contribution is -2.46. The number of benzene rings is 4. The summed E-state index contributed by atoms with van der Waals surface area (Å²) in [4.78, 5) is 14.5. The molecule has 4 aromatic rings. The largest absolute Gasteiger partial charge is 0.459 e. The molecule has 0 aliphatic heterocycles. The van der Waals surface area contributed by atoms with Gasteiger partial charge in [-0.15, -0.1) is 0 Å². The average Bonchev–Trinajstić information content (AvgIpc) is 3.36. The number of carbonyl (C=O) groups excluding carboxylic acids is 1. The van der Waals surface area contributed by atoms with Crippen LogP contribution in [0.25, 0.3) is 0 Å². The highest BCUT2D eigenvalue weighted by Crippen LogP contribution is 2.67. The van der Waals surface area contributed by atoms with Crippen LogP contribution in [0.5, 0.6) is 0 Å². The number of rotatable bonds is 8. The van der Waals surface area contributed by atoms with Gasteiger partial charge in [-0.25, -0.2) is 13.2 Å². The molecule has 3 atom stereocenters. The molecule has 2 saturated carbocycles. The van der Waals surface area contributed by atoms with Crippen molar-refractivity contribution in [1.82, 2.24) is 0 Å². The van der Waals surface area contributed by atoms with Gasteiger partial charge in [-0.2, -0.15) is 0 Å². The number of sulfone groups is 1. The lowest BCUT2D eigenvalue weighted by molar-refractivity contribution is -0.147. The van der Waals surface area contributed by atoms with Gasteiger partial charge in [-0.3, -0.25) is 0 Å². The van der Waals surface area contributed by atoms with Gasteiger partial charge in [-0.1, -0.05) is 123 Å². The lowest BCUT2D eigenvalue weighted by atomic mass is 9.69. The van der Waals surface area contributed by atoms with Crippen molar-refractivity contribution in [2.45, 2.75) is 44.1 Å². The summed E-state index contributed by atoms with van der Waals surface area (Å²) >= 11 is 0. The van der Waals surface area contributed by atoms with Gasteiger partial charge in [0, 0.05) is 11.2 Å². The minimum atomic E-state index is -3.59. The number of carbonyl (C=O) groups is 1. The smallest absolute Gasteiger partial charge is 0.332 e. The standard InChI is InChI=1S/C36H37O4PS/c1-35(2)28-23-24-36(35,27-42(38,39)32-21-13-6-14-22-32)33(25-28)40-34(37)26-41(29-15-7-3-8-16-29,30-17-9-4-10-18-30)31-19-11-5-12-20-31/h3-22,26,28,33H,23-25,27H2,1-2H3/t28-,33-,36-/m0/s1. The molecule has 6 rings (SSSR count). The van der Waals surface area contributed by atoms with Gasteiger partial charge in [0.2, 0.25) is 0 Å². The molecule has 0 heterocycles. The van der Waals surface area contributed by atoms with Crippen molar-refractivity contribution in [2.24, 2.45) is 16.7 Å². The number of fused-ring (bicyclic) bond motifs is 2. The molecule has 4 aromatic carbocycles. The van der Waals surface area contributed by atoms with Crippen molar-refractivity contribution in [2.75, 3.05) is 5.75 Å². The summed E-state index contributed by atoms with van der Waals surface area (Å²) in [6.45, 7) is 1.79. The van der Waals surface area contributed by atoms with Gasteiger partial charge < -0.3 is 4.74 Å². The molecule has 6 heteroatoms. The predicted molar refractivity (Wildman–Crippen MR) is 173 cm³/mol. The summed E-state index contributed by atoms with van der Waals surface area (Å²) in [5.41, 5.74) is -0.923. The van der Waals surface area contributed by atoms with Crippen LogP contribution in [0.15, 0.2) is 126 Å². The number of hydrogen-bond acceptors (Lipinski definition) is 4. The van der Waals surface area contributed by atoms with E-state index in [1.807, 2.05) is 66.5 Å². The topological polar surface area (TPSA) is 60.4 Å². The summed E-state index contributed by atoms with van der Waals surface area (Å²) in [5, 5.41) is 3.19. The zero-order valence-corrected chi connectivity index (χ0v) is 25.8. The monoisotopic (exact) mass is 596 g/mol. The third-order valence-electron chi connectivity index (χ3n) is 9.96. The zero-order valence-electron chi connectivity index (χ0n) is 24.1. The molecule has 0 spiro atoms. The minimum absolute atomic E-state index is 0.0260. The van der Waals surface area contributed by atoms with E-state index < -0.39 is 28.2 Å². The molecule has 0 radical (unpaired) electrons. The Morgan fingerprint density at radius 1 is 0.786 bits per heavy atom. The van der Waals surface area contributed by atoms with Crippen LogP contribution in [0.3, 0.4) is 0 Å². The Balaban J connectivity index is 1.44. The first-order chi connectivity index (χ1) is 20.2. The highest BCUT2D eigenvalue weighted by Gasteiger charge is 2.66. The van der Waals surface area contributed by atoms with Crippen LogP contribution in [0.4, 0.5) is 0 Å². The second kappa shape index (κ2) is 11.0. The lowest BCUT2D eigenvalue weighted by Gasteiger charge is -2.41. The second-order valence-corrected chi connectivity index (χ2v) is 17.4. The van der Waals surface area contributed by atoms with E-state index in [0.29, 0.717) is 17.2 Å². The SMILES string of the molecule is CC1(C)[C@H]2CC[C@]1(CS(=O)(=O)c1ccccc1)[C@@H](OC(=O)C=P(c1ccccc1)(c1ccccc1)c1ccccc1)C2. The Morgan fingerprint density at radius 3 is 1.69 bits per heavy atom. The van der Waals surface area contributed by atoms with E-state index >= 15 is 0 Å². The van der Waals surface area contributed by atoms with Crippen LogP contribution in [-0.4, -0.2) is 32.0 Å². The molecule has 2 bridgehead atoms.